The summed E-state index contributed by atoms with van der Waals surface area (Å²) in [5.41, 5.74) is 2.44. The van der Waals surface area contributed by atoms with E-state index in [0.717, 1.165) is 0 Å². The zero-order valence-corrected chi connectivity index (χ0v) is 8.63. The fourth-order valence-electron chi connectivity index (χ4n) is 1.51. The van der Waals surface area contributed by atoms with Crippen molar-refractivity contribution in [3.05, 3.63) is 12.4 Å². The van der Waals surface area contributed by atoms with Crippen LogP contribution in [0.2, 0.25) is 0 Å². The number of nitrogens with zero attached hydrogens (tertiary/aromatic N) is 4. The highest BCUT2D eigenvalue weighted by atomic mass is 16.5. The molecule has 16 heavy (non-hydrogen) atoms. The number of morpholine rings is 1. The van der Waals surface area contributed by atoms with Crippen molar-refractivity contribution in [3.8, 4) is 6.07 Å². The molecule has 0 aliphatic carbocycles. The number of nitrogen functional groups attached to an aromatic ring is 1. The Balaban J connectivity index is 2.14. The van der Waals surface area contributed by atoms with E-state index in [9.17, 15) is 0 Å². The van der Waals surface area contributed by atoms with Gasteiger partial charge in [-0.3, -0.25) is 4.98 Å². The summed E-state index contributed by atoms with van der Waals surface area (Å²) in [6.07, 6.45) is 2.76. The molecule has 0 bridgehead atoms. The Morgan fingerprint density at radius 2 is 2.50 bits per heavy atom. The number of nitriles is 1. The summed E-state index contributed by atoms with van der Waals surface area (Å²) >= 11 is 0. The van der Waals surface area contributed by atoms with Crippen molar-refractivity contribution in [2.75, 3.05) is 30.0 Å². The highest BCUT2D eigenvalue weighted by Gasteiger charge is 2.21. The molecule has 2 rings (SSSR count). The molecule has 1 fully saturated rings. The SMILES string of the molecule is N#CC1CN(c2cncc(NN)n2)CCO1. The summed E-state index contributed by atoms with van der Waals surface area (Å²) < 4.78 is 5.24. The summed E-state index contributed by atoms with van der Waals surface area (Å²) in [6, 6.07) is 2.08. The average molecular weight is 220 g/mol. The second kappa shape index (κ2) is 4.74. The molecule has 7 heteroatoms. The summed E-state index contributed by atoms with van der Waals surface area (Å²) in [4.78, 5) is 10.2. The lowest BCUT2D eigenvalue weighted by Gasteiger charge is -2.30. The Kier molecular flexibility index (Phi) is 3.14. The molecule has 2 heterocycles. The fraction of sp³-hybridized carbons (Fsp3) is 0.444. The molecular weight excluding hydrogens is 208 g/mol. The van der Waals surface area contributed by atoms with E-state index in [4.69, 9.17) is 15.8 Å². The quantitative estimate of drug-likeness (QED) is 0.511. The van der Waals surface area contributed by atoms with Crippen LogP contribution in [-0.2, 0) is 4.74 Å². The largest absolute Gasteiger partial charge is 0.360 e. The molecule has 3 N–H and O–H groups in total. The van der Waals surface area contributed by atoms with E-state index in [1.54, 1.807) is 6.20 Å². The summed E-state index contributed by atoms with van der Waals surface area (Å²) in [5.74, 6) is 6.44. The van der Waals surface area contributed by atoms with Gasteiger partial charge in [0.2, 0.25) is 0 Å². The van der Waals surface area contributed by atoms with Gasteiger partial charge in [0.25, 0.3) is 0 Å². The van der Waals surface area contributed by atoms with Crippen LogP contribution in [0.3, 0.4) is 0 Å². The summed E-state index contributed by atoms with van der Waals surface area (Å²) in [5, 5.41) is 8.79. The van der Waals surface area contributed by atoms with Gasteiger partial charge in [0.1, 0.15) is 5.82 Å². The Labute approximate surface area is 92.8 Å². The summed E-state index contributed by atoms with van der Waals surface area (Å²) in [6.45, 7) is 1.71. The maximum Gasteiger partial charge on any atom is 0.161 e. The summed E-state index contributed by atoms with van der Waals surface area (Å²) in [7, 11) is 0. The minimum Gasteiger partial charge on any atom is -0.360 e. The van der Waals surface area contributed by atoms with Gasteiger partial charge < -0.3 is 15.1 Å². The number of ether oxygens (including phenoxy) is 1. The number of hydrogen-bond donors (Lipinski definition) is 2. The van der Waals surface area contributed by atoms with Gasteiger partial charge >= 0.3 is 0 Å². The van der Waals surface area contributed by atoms with Crippen molar-refractivity contribution >= 4 is 11.6 Å². The third kappa shape index (κ3) is 2.18. The molecule has 84 valence electrons. The van der Waals surface area contributed by atoms with E-state index in [1.165, 1.54) is 6.20 Å². The first-order chi connectivity index (χ1) is 7.83. The molecule has 1 aliphatic heterocycles. The number of aromatic nitrogens is 2. The minimum absolute atomic E-state index is 0.412. The topological polar surface area (TPSA) is 100 Å². The maximum absolute atomic E-state index is 8.79. The Hall–Kier alpha value is -1.91. The van der Waals surface area contributed by atoms with Crippen molar-refractivity contribution in [1.82, 2.24) is 9.97 Å². The molecular formula is C9H12N6O. The fourth-order valence-corrected chi connectivity index (χ4v) is 1.51. The first-order valence-electron chi connectivity index (χ1n) is 4.88. The van der Waals surface area contributed by atoms with E-state index in [2.05, 4.69) is 21.5 Å². The van der Waals surface area contributed by atoms with Gasteiger partial charge in [-0.25, -0.2) is 10.8 Å². The number of rotatable bonds is 2. The van der Waals surface area contributed by atoms with Crippen LogP contribution in [0.25, 0.3) is 0 Å². The molecule has 1 aliphatic rings. The number of nitrogens with two attached hydrogens (primary N) is 1. The van der Waals surface area contributed by atoms with Crippen LogP contribution in [0.1, 0.15) is 0 Å². The second-order valence-electron chi connectivity index (χ2n) is 3.34. The van der Waals surface area contributed by atoms with Crippen molar-refractivity contribution in [1.29, 1.82) is 5.26 Å². The van der Waals surface area contributed by atoms with Crippen LogP contribution in [0.15, 0.2) is 12.4 Å². The third-order valence-electron chi connectivity index (χ3n) is 2.30. The van der Waals surface area contributed by atoms with Gasteiger partial charge in [0.05, 0.1) is 31.6 Å². The van der Waals surface area contributed by atoms with Gasteiger partial charge in [0, 0.05) is 6.54 Å². The van der Waals surface area contributed by atoms with Gasteiger partial charge in [-0.1, -0.05) is 0 Å². The Morgan fingerprint density at radius 1 is 1.62 bits per heavy atom. The van der Waals surface area contributed by atoms with Gasteiger partial charge in [-0.2, -0.15) is 5.26 Å². The first-order valence-corrected chi connectivity index (χ1v) is 4.88. The molecule has 1 aromatic rings. The number of hydrogen-bond acceptors (Lipinski definition) is 7. The van der Waals surface area contributed by atoms with Crippen molar-refractivity contribution in [3.63, 3.8) is 0 Å². The lowest BCUT2D eigenvalue weighted by atomic mass is 10.3. The number of anilines is 2. The van der Waals surface area contributed by atoms with E-state index in [-0.39, 0.29) is 0 Å². The third-order valence-corrected chi connectivity index (χ3v) is 2.30. The molecule has 7 nitrogen and oxygen atoms in total. The van der Waals surface area contributed by atoms with Crippen LogP contribution >= 0.6 is 0 Å². The van der Waals surface area contributed by atoms with E-state index >= 15 is 0 Å². The standard InChI is InChI=1S/C9H12N6O/c10-3-7-6-15(1-2-16-7)9-5-12-4-8(13-9)14-11/h4-5,7H,1-2,6,11H2,(H,13,14). The molecule has 0 amide bonds. The lowest BCUT2D eigenvalue weighted by Crippen LogP contribution is -2.42. The molecule has 1 saturated heterocycles. The Morgan fingerprint density at radius 3 is 3.25 bits per heavy atom. The second-order valence-corrected chi connectivity index (χ2v) is 3.34. The molecule has 0 radical (unpaired) electrons. The van der Waals surface area contributed by atoms with Gasteiger partial charge in [-0.05, 0) is 0 Å². The van der Waals surface area contributed by atoms with Crippen LogP contribution in [0.5, 0.6) is 0 Å². The van der Waals surface area contributed by atoms with Crippen LogP contribution in [-0.4, -0.2) is 35.8 Å². The molecule has 1 atom stereocenters. The Bertz CT molecular complexity index is 403. The van der Waals surface area contributed by atoms with Crippen LogP contribution in [0.4, 0.5) is 11.6 Å². The predicted octanol–water partition coefficient (Wildman–Crippen LogP) is -0.509. The average Bonchev–Trinajstić information content (AvgIpc) is 2.39. The zero-order valence-electron chi connectivity index (χ0n) is 8.63. The maximum atomic E-state index is 8.79. The number of hydrazine groups is 1. The monoisotopic (exact) mass is 220 g/mol. The zero-order chi connectivity index (χ0) is 11.4. The number of nitrogens with one attached hydrogen (secondary N) is 1. The van der Waals surface area contributed by atoms with Crippen molar-refractivity contribution < 1.29 is 4.74 Å². The molecule has 1 aromatic heterocycles. The normalized spacial score (nSPS) is 20.2. The lowest BCUT2D eigenvalue weighted by molar-refractivity contribution is 0.0761. The van der Waals surface area contributed by atoms with Gasteiger partial charge in [0.15, 0.2) is 11.9 Å². The van der Waals surface area contributed by atoms with Crippen LogP contribution in [0, 0.1) is 11.3 Å². The molecule has 0 aromatic carbocycles. The van der Waals surface area contributed by atoms with Crippen molar-refractivity contribution in [2.45, 2.75) is 6.10 Å². The highest BCUT2D eigenvalue weighted by molar-refractivity contribution is 5.43. The predicted molar refractivity (Wildman–Crippen MR) is 57.4 cm³/mol. The molecule has 0 saturated carbocycles. The van der Waals surface area contributed by atoms with Crippen LogP contribution < -0.4 is 16.2 Å². The van der Waals surface area contributed by atoms with E-state index < -0.39 is 6.10 Å². The van der Waals surface area contributed by atoms with E-state index in [1.807, 2.05) is 4.90 Å². The van der Waals surface area contributed by atoms with E-state index in [0.29, 0.717) is 31.3 Å². The van der Waals surface area contributed by atoms with Crippen molar-refractivity contribution in [2.24, 2.45) is 5.84 Å². The minimum atomic E-state index is -0.412. The first kappa shape index (κ1) is 10.6. The highest BCUT2D eigenvalue weighted by Crippen LogP contribution is 2.15. The van der Waals surface area contributed by atoms with Gasteiger partial charge in [-0.15, -0.1) is 0 Å². The molecule has 1 unspecified atom stereocenters. The smallest absolute Gasteiger partial charge is 0.161 e. The molecule has 0 spiro atoms.